The van der Waals surface area contributed by atoms with Gasteiger partial charge in [-0.05, 0) is 39.5 Å². The van der Waals surface area contributed by atoms with E-state index in [1.54, 1.807) is 13.8 Å². The molecule has 1 atom stereocenters. The zero-order valence-electron chi connectivity index (χ0n) is 11.9. The van der Waals surface area contributed by atoms with Crippen LogP contribution in [-0.2, 0) is 19.3 Å². The molecule has 5 nitrogen and oxygen atoms in total. The molecule has 2 rings (SSSR count). The van der Waals surface area contributed by atoms with E-state index in [1.807, 2.05) is 0 Å². The summed E-state index contributed by atoms with van der Waals surface area (Å²) in [6.07, 6.45) is 2.77. The fourth-order valence-electron chi connectivity index (χ4n) is 3.02. The molecule has 2 heterocycles. The van der Waals surface area contributed by atoms with E-state index in [4.69, 9.17) is 15.2 Å². The largest absolute Gasteiger partial charge is 0.381 e. The third-order valence-electron chi connectivity index (χ3n) is 3.93. The minimum atomic E-state index is -3.16. The lowest BCUT2D eigenvalue weighted by Crippen LogP contribution is -2.50. The second-order valence-corrected chi connectivity index (χ2v) is 8.84. The summed E-state index contributed by atoms with van der Waals surface area (Å²) in [4.78, 5) is 0. The van der Waals surface area contributed by atoms with Gasteiger partial charge < -0.3 is 15.2 Å². The molecule has 2 aliphatic rings. The third kappa shape index (κ3) is 3.90. The molecule has 0 radical (unpaired) electrons. The Morgan fingerprint density at radius 2 is 1.89 bits per heavy atom. The second-order valence-electron chi connectivity index (χ2n) is 6.55. The van der Waals surface area contributed by atoms with E-state index in [9.17, 15) is 8.42 Å². The average molecular weight is 291 g/mol. The van der Waals surface area contributed by atoms with Gasteiger partial charge in [-0.2, -0.15) is 0 Å². The van der Waals surface area contributed by atoms with Gasteiger partial charge in [0.25, 0.3) is 0 Å². The number of hydrogen-bond donors (Lipinski definition) is 1. The summed E-state index contributed by atoms with van der Waals surface area (Å²) in [5, 5.41) is -0.317. The fraction of sp³-hybridized carbons (Fsp3) is 1.00. The Morgan fingerprint density at radius 1 is 1.26 bits per heavy atom. The van der Waals surface area contributed by atoms with Crippen molar-refractivity contribution in [2.24, 2.45) is 5.73 Å². The lowest BCUT2D eigenvalue weighted by atomic mass is 9.86. The fourth-order valence-corrected chi connectivity index (χ4v) is 5.30. The molecule has 6 heteroatoms. The van der Waals surface area contributed by atoms with E-state index in [-0.39, 0.29) is 16.6 Å². The van der Waals surface area contributed by atoms with Crippen molar-refractivity contribution in [2.45, 2.75) is 55.9 Å². The van der Waals surface area contributed by atoms with Crippen LogP contribution in [0.1, 0.15) is 39.5 Å². The van der Waals surface area contributed by atoms with Gasteiger partial charge in [-0.3, -0.25) is 0 Å². The predicted molar refractivity (Wildman–Crippen MR) is 73.8 cm³/mol. The molecule has 0 aliphatic carbocycles. The van der Waals surface area contributed by atoms with Crippen molar-refractivity contribution in [2.75, 3.05) is 25.6 Å². The molecule has 2 N–H and O–H groups in total. The summed E-state index contributed by atoms with van der Waals surface area (Å²) in [6, 6.07) is 0. The predicted octanol–water partition coefficient (Wildman–Crippen LogP) is 0.867. The molecule has 1 unspecified atom stereocenters. The van der Waals surface area contributed by atoms with Crippen LogP contribution >= 0.6 is 0 Å². The van der Waals surface area contributed by atoms with Crippen molar-refractivity contribution < 1.29 is 17.9 Å². The first-order chi connectivity index (χ1) is 8.73. The Labute approximate surface area is 115 Å². The van der Waals surface area contributed by atoms with Gasteiger partial charge in [-0.25, -0.2) is 8.42 Å². The lowest BCUT2D eigenvalue weighted by Gasteiger charge is -2.43. The highest BCUT2D eigenvalue weighted by molar-refractivity contribution is 7.92. The summed E-state index contributed by atoms with van der Waals surface area (Å²) >= 11 is 0. The van der Waals surface area contributed by atoms with Gasteiger partial charge in [-0.15, -0.1) is 0 Å². The Hall–Kier alpha value is -0.170. The molecular formula is C13H25NO4S. The van der Waals surface area contributed by atoms with Crippen LogP contribution in [0.15, 0.2) is 0 Å². The van der Waals surface area contributed by atoms with Gasteiger partial charge in [0.15, 0.2) is 9.84 Å². The van der Waals surface area contributed by atoms with E-state index in [0.29, 0.717) is 32.7 Å². The molecule has 19 heavy (non-hydrogen) atoms. The zero-order valence-corrected chi connectivity index (χ0v) is 12.7. The second kappa shape index (κ2) is 5.31. The van der Waals surface area contributed by atoms with E-state index in [2.05, 4.69) is 0 Å². The number of ether oxygens (including phenoxy) is 2. The molecule has 0 amide bonds. The summed E-state index contributed by atoms with van der Waals surface area (Å²) in [5.74, 6) is 0.0389. The molecule has 0 aromatic rings. The van der Waals surface area contributed by atoms with Crippen LogP contribution in [0.5, 0.6) is 0 Å². The van der Waals surface area contributed by atoms with Crippen molar-refractivity contribution >= 4 is 9.84 Å². The normalized spacial score (nSPS) is 28.5. The van der Waals surface area contributed by atoms with Crippen molar-refractivity contribution in [3.63, 3.8) is 0 Å². The van der Waals surface area contributed by atoms with Crippen molar-refractivity contribution in [3.8, 4) is 0 Å². The first-order valence-electron chi connectivity index (χ1n) is 6.95. The van der Waals surface area contributed by atoms with Crippen LogP contribution in [0.2, 0.25) is 0 Å². The van der Waals surface area contributed by atoms with Crippen LogP contribution in [0, 0.1) is 0 Å². The monoisotopic (exact) mass is 291 g/mol. The number of hydrogen-bond acceptors (Lipinski definition) is 5. The smallest absolute Gasteiger partial charge is 0.155 e. The molecule has 0 aromatic heterocycles. The Kier molecular flexibility index (Phi) is 4.26. The SMILES string of the molecule is CC(C)(N)CS(=O)(=O)C1CCOC2(CCOCC2)C1. The van der Waals surface area contributed by atoms with Crippen LogP contribution in [-0.4, -0.2) is 50.4 Å². The Bertz CT molecular complexity index is 401. The Balaban J connectivity index is 2.08. The topological polar surface area (TPSA) is 78.6 Å². The van der Waals surface area contributed by atoms with Gasteiger partial charge in [0.05, 0.1) is 16.6 Å². The van der Waals surface area contributed by atoms with Crippen molar-refractivity contribution in [1.82, 2.24) is 0 Å². The molecule has 0 bridgehead atoms. The van der Waals surface area contributed by atoms with E-state index >= 15 is 0 Å². The quantitative estimate of drug-likeness (QED) is 0.834. The lowest BCUT2D eigenvalue weighted by molar-refractivity contribution is -0.132. The molecule has 1 spiro atoms. The molecule has 2 fully saturated rings. The standard InChI is InChI=1S/C13H25NO4S/c1-12(2,14)10-19(15,16)11-3-6-18-13(9-11)4-7-17-8-5-13/h11H,3-10,14H2,1-2H3. The first-order valence-corrected chi connectivity index (χ1v) is 8.66. The van der Waals surface area contributed by atoms with Crippen LogP contribution < -0.4 is 5.73 Å². The summed E-state index contributed by atoms with van der Waals surface area (Å²) in [6.45, 7) is 5.36. The molecular weight excluding hydrogens is 266 g/mol. The van der Waals surface area contributed by atoms with E-state index < -0.39 is 15.4 Å². The maximum Gasteiger partial charge on any atom is 0.155 e. The number of nitrogens with two attached hydrogens (primary N) is 1. The molecule has 0 saturated carbocycles. The summed E-state index contributed by atoms with van der Waals surface area (Å²) in [5.41, 5.74) is 4.90. The number of rotatable bonds is 3. The van der Waals surface area contributed by atoms with Gasteiger partial charge in [0.2, 0.25) is 0 Å². The van der Waals surface area contributed by atoms with Gasteiger partial charge >= 0.3 is 0 Å². The maximum atomic E-state index is 12.5. The average Bonchev–Trinajstić information content (AvgIpc) is 2.27. The minimum Gasteiger partial charge on any atom is -0.381 e. The molecule has 0 aromatic carbocycles. The highest BCUT2D eigenvalue weighted by Gasteiger charge is 2.43. The van der Waals surface area contributed by atoms with Crippen molar-refractivity contribution in [1.29, 1.82) is 0 Å². The molecule has 2 saturated heterocycles. The van der Waals surface area contributed by atoms with Crippen LogP contribution in [0.25, 0.3) is 0 Å². The highest BCUT2D eigenvalue weighted by Crippen LogP contribution is 2.37. The maximum absolute atomic E-state index is 12.5. The van der Waals surface area contributed by atoms with Gasteiger partial charge in [-0.1, -0.05) is 0 Å². The third-order valence-corrected chi connectivity index (χ3v) is 6.50. The summed E-state index contributed by atoms with van der Waals surface area (Å²) in [7, 11) is -3.16. The van der Waals surface area contributed by atoms with E-state index in [1.165, 1.54) is 0 Å². The number of sulfone groups is 1. The zero-order chi connectivity index (χ0) is 14.1. The highest BCUT2D eigenvalue weighted by atomic mass is 32.2. The van der Waals surface area contributed by atoms with Crippen LogP contribution in [0.4, 0.5) is 0 Å². The Morgan fingerprint density at radius 3 is 2.47 bits per heavy atom. The van der Waals surface area contributed by atoms with Gasteiger partial charge in [0, 0.05) is 25.4 Å². The molecule has 2 aliphatic heterocycles. The van der Waals surface area contributed by atoms with Gasteiger partial charge in [0.1, 0.15) is 0 Å². The summed E-state index contributed by atoms with van der Waals surface area (Å²) < 4.78 is 36.2. The molecule has 112 valence electrons. The van der Waals surface area contributed by atoms with Crippen molar-refractivity contribution in [3.05, 3.63) is 0 Å². The van der Waals surface area contributed by atoms with Crippen LogP contribution in [0.3, 0.4) is 0 Å². The first kappa shape index (κ1) is 15.2. The minimum absolute atomic E-state index is 0.0389. The van der Waals surface area contributed by atoms with E-state index in [0.717, 1.165) is 12.8 Å².